The number of carbonyl (C=O) groups excluding carboxylic acids is 2. The molecule has 0 aliphatic carbocycles. The summed E-state index contributed by atoms with van der Waals surface area (Å²) in [6, 6.07) is -1.15. The minimum Gasteiger partial charge on any atom is -0.480 e. The molecule has 0 aliphatic rings. The Bertz CT molecular complexity index is 321. The molecule has 2 amide bonds. The fourth-order valence-electron chi connectivity index (χ4n) is 0.814. The van der Waals surface area contributed by atoms with Gasteiger partial charge in [-0.25, -0.2) is 4.79 Å². The van der Waals surface area contributed by atoms with Gasteiger partial charge in [-0.3, -0.25) is 9.59 Å². The number of nitrogens with two attached hydrogens (primary N) is 1. The number of nitrogens with one attached hydrogen (secondary N) is 2. The van der Waals surface area contributed by atoms with Crippen LogP contribution in [-0.4, -0.2) is 42.0 Å². The van der Waals surface area contributed by atoms with Crippen LogP contribution in [0.25, 0.3) is 0 Å². The monoisotopic (exact) mass is 227 g/mol. The number of amides is 2. The van der Waals surface area contributed by atoms with Gasteiger partial charge in [0.2, 0.25) is 11.8 Å². The Kier molecular flexibility index (Phi) is 6.31. The summed E-state index contributed by atoms with van der Waals surface area (Å²) in [6.45, 7) is -0.565. The normalized spacial score (nSPS) is 11.0. The third-order valence-corrected chi connectivity index (χ3v) is 1.59. The first-order valence-corrected chi connectivity index (χ1v) is 4.43. The quantitative estimate of drug-likeness (QED) is 0.379. The molecular weight excluding hydrogens is 214 g/mol. The maximum atomic E-state index is 11.2. The molecule has 0 aromatic heterocycles. The van der Waals surface area contributed by atoms with E-state index in [-0.39, 0.29) is 19.5 Å². The lowest BCUT2D eigenvalue weighted by Crippen LogP contribution is -2.46. The van der Waals surface area contributed by atoms with Crippen LogP contribution in [0, 0.1) is 12.3 Å². The van der Waals surface area contributed by atoms with Gasteiger partial charge in [0.1, 0.15) is 6.04 Å². The number of carboxylic acids is 1. The van der Waals surface area contributed by atoms with Gasteiger partial charge in [-0.05, 0) is 0 Å². The molecular formula is C9H13N3O4. The molecule has 0 spiro atoms. The van der Waals surface area contributed by atoms with Crippen molar-refractivity contribution in [1.82, 2.24) is 10.6 Å². The zero-order valence-electron chi connectivity index (χ0n) is 8.53. The lowest BCUT2D eigenvalue weighted by molar-refractivity contribution is -0.141. The summed E-state index contributed by atoms with van der Waals surface area (Å²) < 4.78 is 0. The largest absolute Gasteiger partial charge is 0.480 e. The fraction of sp³-hybridized carbons (Fsp3) is 0.444. The Hall–Kier alpha value is -2.07. The summed E-state index contributed by atoms with van der Waals surface area (Å²) in [4.78, 5) is 32.5. The Morgan fingerprint density at radius 2 is 2.00 bits per heavy atom. The van der Waals surface area contributed by atoms with Crippen LogP contribution in [0.5, 0.6) is 0 Å². The molecule has 88 valence electrons. The predicted molar refractivity (Wildman–Crippen MR) is 55.1 cm³/mol. The van der Waals surface area contributed by atoms with Crippen molar-refractivity contribution in [2.24, 2.45) is 5.73 Å². The number of aliphatic carboxylic acids is 1. The molecule has 0 saturated carbocycles. The van der Waals surface area contributed by atoms with Gasteiger partial charge in [-0.1, -0.05) is 0 Å². The minimum atomic E-state index is -1.23. The molecule has 7 nitrogen and oxygen atoms in total. The fourth-order valence-corrected chi connectivity index (χ4v) is 0.814. The number of terminal acetylenes is 1. The molecule has 0 radical (unpaired) electrons. The van der Waals surface area contributed by atoms with E-state index in [1.54, 1.807) is 0 Å². The van der Waals surface area contributed by atoms with E-state index in [2.05, 4.69) is 16.6 Å². The minimum absolute atomic E-state index is 0.119. The van der Waals surface area contributed by atoms with Crippen LogP contribution in [0.3, 0.4) is 0 Å². The number of hydrogen-bond acceptors (Lipinski definition) is 4. The van der Waals surface area contributed by atoms with Gasteiger partial charge < -0.3 is 21.5 Å². The molecule has 7 heteroatoms. The second kappa shape index (κ2) is 7.25. The standard InChI is InChI=1S/C9H13N3O4/c1-2-3-6(9(15)16)12-8(14)5-11-7(13)4-10/h1,6H,3-5,10H2,(H,11,13)(H,12,14)(H,15,16). The molecule has 0 rings (SSSR count). The van der Waals surface area contributed by atoms with E-state index in [0.717, 1.165) is 0 Å². The van der Waals surface area contributed by atoms with Gasteiger partial charge in [-0.15, -0.1) is 12.3 Å². The van der Waals surface area contributed by atoms with E-state index in [1.807, 2.05) is 0 Å². The van der Waals surface area contributed by atoms with E-state index in [0.29, 0.717) is 0 Å². The molecule has 0 heterocycles. The summed E-state index contributed by atoms with van der Waals surface area (Å²) in [5.41, 5.74) is 4.99. The van der Waals surface area contributed by atoms with Crippen molar-refractivity contribution in [3.8, 4) is 12.3 Å². The lowest BCUT2D eigenvalue weighted by Gasteiger charge is -2.11. The third-order valence-electron chi connectivity index (χ3n) is 1.59. The molecule has 1 unspecified atom stereocenters. The second-order valence-corrected chi connectivity index (χ2v) is 2.85. The van der Waals surface area contributed by atoms with Crippen molar-refractivity contribution in [3.05, 3.63) is 0 Å². The molecule has 0 fully saturated rings. The number of carbonyl (C=O) groups is 3. The number of rotatable bonds is 6. The van der Waals surface area contributed by atoms with Crippen LogP contribution >= 0.6 is 0 Å². The highest BCUT2D eigenvalue weighted by atomic mass is 16.4. The Balaban J connectivity index is 4.06. The van der Waals surface area contributed by atoms with Gasteiger partial charge in [0.15, 0.2) is 0 Å². The molecule has 5 N–H and O–H groups in total. The summed E-state index contributed by atoms with van der Waals surface area (Å²) in [5, 5.41) is 13.0. The molecule has 0 bridgehead atoms. The van der Waals surface area contributed by atoms with Gasteiger partial charge in [-0.2, -0.15) is 0 Å². The highest BCUT2D eigenvalue weighted by Gasteiger charge is 2.18. The van der Waals surface area contributed by atoms with Crippen LogP contribution in [0.15, 0.2) is 0 Å². The Labute approximate surface area is 92.4 Å². The Morgan fingerprint density at radius 3 is 2.44 bits per heavy atom. The first-order valence-electron chi connectivity index (χ1n) is 4.43. The second-order valence-electron chi connectivity index (χ2n) is 2.85. The topological polar surface area (TPSA) is 122 Å². The van der Waals surface area contributed by atoms with Gasteiger partial charge in [0.05, 0.1) is 13.1 Å². The average Bonchev–Trinajstić information content (AvgIpc) is 2.25. The van der Waals surface area contributed by atoms with Gasteiger partial charge >= 0.3 is 5.97 Å². The van der Waals surface area contributed by atoms with Crippen molar-refractivity contribution in [3.63, 3.8) is 0 Å². The summed E-state index contributed by atoms with van der Waals surface area (Å²) in [7, 11) is 0. The van der Waals surface area contributed by atoms with Crippen LogP contribution < -0.4 is 16.4 Å². The van der Waals surface area contributed by atoms with E-state index in [1.165, 1.54) is 0 Å². The van der Waals surface area contributed by atoms with E-state index >= 15 is 0 Å². The zero-order chi connectivity index (χ0) is 12.6. The first-order chi connectivity index (χ1) is 7.51. The lowest BCUT2D eigenvalue weighted by atomic mass is 10.2. The van der Waals surface area contributed by atoms with Gasteiger partial charge in [0, 0.05) is 6.42 Å². The maximum Gasteiger partial charge on any atom is 0.327 e. The smallest absolute Gasteiger partial charge is 0.327 e. The zero-order valence-corrected chi connectivity index (χ0v) is 8.53. The highest BCUT2D eigenvalue weighted by Crippen LogP contribution is 1.90. The van der Waals surface area contributed by atoms with Crippen LogP contribution in [0.4, 0.5) is 0 Å². The van der Waals surface area contributed by atoms with Crippen molar-refractivity contribution in [2.45, 2.75) is 12.5 Å². The van der Waals surface area contributed by atoms with Crippen LogP contribution in [0.1, 0.15) is 6.42 Å². The molecule has 0 saturated heterocycles. The van der Waals surface area contributed by atoms with Crippen molar-refractivity contribution < 1.29 is 19.5 Å². The Morgan fingerprint density at radius 1 is 1.38 bits per heavy atom. The molecule has 0 aliphatic heterocycles. The van der Waals surface area contributed by atoms with Gasteiger partial charge in [0.25, 0.3) is 0 Å². The van der Waals surface area contributed by atoms with Crippen molar-refractivity contribution >= 4 is 17.8 Å². The first kappa shape index (κ1) is 13.9. The van der Waals surface area contributed by atoms with Crippen molar-refractivity contribution in [1.29, 1.82) is 0 Å². The average molecular weight is 227 g/mol. The van der Waals surface area contributed by atoms with Crippen LogP contribution in [0.2, 0.25) is 0 Å². The van der Waals surface area contributed by atoms with Crippen molar-refractivity contribution in [2.75, 3.05) is 13.1 Å². The van der Waals surface area contributed by atoms with E-state index in [9.17, 15) is 14.4 Å². The molecule has 16 heavy (non-hydrogen) atoms. The number of carboxylic acid groups (broad SMARTS) is 1. The van der Waals surface area contributed by atoms with Crippen LogP contribution in [-0.2, 0) is 14.4 Å². The SMILES string of the molecule is C#CCC(NC(=O)CNC(=O)CN)C(=O)O. The third kappa shape index (κ3) is 5.62. The number of hydrogen-bond donors (Lipinski definition) is 4. The molecule has 1 atom stereocenters. The summed E-state index contributed by atoms with van der Waals surface area (Å²) >= 11 is 0. The predicted octanol–water partition coefficient (Wildman–Crippen LogP) is -2.35. The maximum absolute atomic E-state index is 11.2. The summed E-state index contributed by atoms with van der Waals surface area (Å²) in [5.74, 6) is -0.234. The summed E-state index contributed by atoms with van der Waals surface area (Å²) in [6.07, 6.45) is 4.82. The molecule has 0 aromatic carbocycles. The molecule has 0 aromatic rings. The van der Waals surface area contributed by atoms with E-state index < -0.39 is 23.8 Å². The van der Waals surface area contributed by atoms with E-state index in [4.69, 9.17) is 17.3 Å². The highest BCUT2D eigenvalue weighted by molar-refractivity contribution is 5.88.